The summed E-state index contributed by atoms with van der Waals surface area (Å²) in [4.78, 5) is 4.94. The van der Waals surface area contributed by atoms with Crippen molar-refractivity contribution in [2.45, 2.75) is 31.3 Å². The first kappa shape index (κ1) is 13.9. The Hall–Kier alpha value is -1.07. The summed E-state index contributed by atoms with van der Waals surface area (Å²) in [5, 5.41) is 7.79. The van der Waals surface area contributed by atoms with Crippen molar-refractivity contribution in [3.8, 4) is 0 Å². The Labute approximate surface area is 128 Å². The minimum absolute atomic E-state index is 0.148. The monoisotopic (exact) mass is 336 g/mol. The highest BCUT2D eigenvalue weighted by atomic mass is 79.9. The molecule has 0 aliphatic carbocycles. The fourth-order valence-corrected chi connectivity index (χ4v) is 3.87. The zero-order valence-corrected chi connectivity index (χ0v) is 13.4. The van der Waals surface area contributed by atoms with E-state index in [1.807, 2.05) is 12.1 Å². The Kier molecular flexibility index (Phi) is 3.73. The first-order chi connectivity index (χ1) is 9.56. The van der Waals surface area contributed by atoms with Crippen LogP contribution >= 0.6 is 15.9 Å². The molecule has 0 radical (unpaired) electrons. The summed E-state index contributed by atoms with van der Waals surface area (Å²) in [7, 11) is 2.25. The van der Waals surface area contributed by atoms with Gasteiger partial charge >= 0.3 is 0 Å². The number of amidine groups is 1. The van der Waals surface area contributed by atoms with Crippen LogP contribution < -0.4 is 10.6 Å². The van der Waals surface area contributed by atoms with Crippen molar-refractivity contribution in [2.75, 3.05) is 25.0 Å². The van der Waals surface area contributed by atoms with Crippen LogP contribution in [-0.2, 0) is 0 Å². The number of hydrogen-bond acceptors (Lipinski definition) is 3. The first-order valence-electron chi connectivity index (χ1n) is 7.17. The maximum Gasteiger partial charge on any atom is 0.124 e. The van der Waals surface area contributed by atoms with Crippen LogP contribution in [0.1, 0.15) is 24.8 Å². The number of halogens is 1. The molecule has 2 heterocycles. The molecule has 3 rings (SSSR count). The molecule has 2 atom stereocenters. The normalized spacial score (nSPS) is 26.6. The molecule has 2 fully saturated rings. The van der Waals surface area contributed by atoms with Gasteiger partial charge in [-0.2, -0.15) is 0 Å². The van der Waals surface area contributed by atoms with Crippen LogP contribution in [0.15, 0.2) is 22.7 Å². The molecule has 0 aromatic heterocycles. The van der Waals surface area contributed by atoms with Crippen LogP contribution in [0.3, 0.4) is 0 Å². The van der Waals surface area contributed by atoms with Gasteiger partial charge in [-0.05, 0) is 44.5 Å². The number of nitrogens with zero attached hydrogens (tertiary/aromatic N) is 2. The summed E-state index contributed by atoms with van der Waals surface area (Å²) in [6, 6.07) is 7.33. The van der Waals surface area contributed by atoms with Crippen molar-refractivity contribution >= 4 is 27.5 Å². The summed E-state index contributed by atoms with van der Waals surface area (Å²) in [5.74, 6) is 0.148. The lowest BCUT2D eigenvalue weighted by atomic mass is 10.1. The standard InChI is InChI=1S/C15H21BrN4/c1-19-11-3-4-12(19)9-20(7-6-11)14-8-10(16)2-5-13(14)15(17)18/h2,5,8,11-12H,3-4,6-7,9H2,1H3,(H3,17,18). The van der Waals surface area contributed by atoms with Crippen molar-refractivity contribution in [1.29, 1.82) is 5.41 Å². The van der Waals surface area contributed by atoms with Crippen molar-refractivity contribution in [3.05, 3.63) is 28.2 Å². The van der Waals surface area contributed by atoms with Gasteiger partial charge in [-0.1, -0.05) is 15.9 Å². The Morgan fingerprint density at radius 1 is 1.30 bits per heavy atom. The quantitative estimate of drug-likeness (QED) is 0.644. The average molecular weight is 337 g/mol. The van der Waals surface area contributed by atoms with Crippen LogP contribution in [-0.4, -0.2) is 43.0 Å². The molecular weight excluding hydrogens is 316 g/mol. The number of benzene rings is 1. The molecule has 0 amide bonds. The van der Waals surface area contributed by atoms with E-state index in [9.17, 15) is 0 Å². The van der Waals surface area contributed by atoms with Crippen LogP contribution in [0.25, 0.3) is 0 Å². The average Bonchev–Trinajstić information content (AvgIpc) is 2.62. The second kappa shape index (κ2) is 5.37. The maximum absolute atomic E-state index is 7.79. The molecular formula is C15H21BrN4. The molecule has 1 aromatic carbocycles. The van der Waals surface area contributed by atoms with Crippen molar-refractivity contribution < 1.29 is 0 Å². The minimum atomic E-state index is 0.148. The molecule has 3 N–H and O–H groups in total. The van der Waals surface area contributed by atoms with E-state index in [0.717, 1.165) is 34.9 Å². The molecule has 2 unspecified atom stereocenters. The van der Waals surface area contributed by atoms with Gasteiger partial charge in [0.05, 0.1) is 0 Å². The number of hydrogen-bond donors (Lipinski definition) is 2. The Balaban J connectivity index is 1.93. The van der Waals surface area contributed by atoms with E-state index < -0.39 is 0 Å². The van der Waals surface area contributed by atoms with Gasteiger partial charge in [0.25, 0.3) is 0 Å². The third-order valence-corrected chi connectivity index (χ3v) is 5.23. The molecule has 0 spiro atoms. The highest BCUT2D eigenvalue weighted by Gasteiger charge is 2.35. The summed E-state index contributed by atoms with van der Waals surface area (Å²) in [6.45, 7) is 2.08. The van der Waals surface area contributed by atoms with E-state index in [2.05, 4.69) is 38.8 Å². The predicted octanol–water partition coefficient (Wildman–Crippen LogP) is 2.41. The molecule has 108 valence electrons. The fraction of sp³-hybridized carbons (Fsp3) is 0.533. The summed E-state index contributed by atoms with van der Waals surface area (Å²) < 4.78 is 1.04. The van der Waals surface area contributed by atoms with E-state index in [4.69, 9.17) is 11.1 Å². The lowest BCUT2D eigenvalue weighted by Crippen LogP contribution is -2.37. The Morgan fingerprint density at radius 2 is 2.05 bits per heavy atom. The number of anilines is 1. The molecule has 2 aliphatic rings. The maximum atomic E-state index is 7.79. The topological polar surface area (TPSA) is 56.4 Å². The number of nitrogen functional groups attached to an aromatic ring is 1. The zero-order valence-electron chi connectivity index (χ0n) is 11.8. The van der Waals surface area contributed by atoms with Crippen molar-refractivity contribution in [1.82, 2.24) is 4.90 Å². The molecule has 20 heavy (non-hydrogen) atoms. The van der Waals surface area contributed by atoms with E-state index in [-0.39, 0.29) is 5.84 Å². The van der Waals surface area contributed by atoms with Crippen LogP contribution in [0.4, 0.5) is 5.69 Å². The van der Waals surface area contributed by atoms with E-state index in [0.29, 0.717) is 6.04 Å². The van der Waals surface area contributed by atoms with Gasteiger partial charge in [0.1, 0.15) is 5.84 Å². The molecule has 2 bridgehead atoms. The lowest BCUT2D eigenvalue weighted by molar-refractivity contribution is 0.254. The van der Waals surface area contributed by atoms with E-state index in [1.165, 1.54) is 19.3 Å². The van der Waals surface area contributed by atoms with Gasteiger partial charge in [0, 0.05) is 40.9 Å². The van der Waals surface area contributed by atoms with Crippen molar-refractivity contribution in [3.63, 3.8) is 0 Å². The van der Waals surface area contributed by atoms with Gasteiger partial charge in [-0.3, -0.25) is 10.3 Å². The smallest absolute Gasteiger partial charge is 0.124 e. The number of rotatable bonds is 2. The Morgan fingerprint density at radius 3 is 2.80 bits per heavy atom. The zero-order chi connectivity index (χ0) is 14.3. The number of nitrogens with one attached hydrogen (secondary N) is 1. The fourth-order valence-electron chi connectivity index (χ4n) is 3.52. The highest BCUT2D eigenvalue weighted by molar-refractivity contribution is 9.10. The Bertz CT molecular complexity index is 531. The predicted molar refractivity (Wildman–Crippen MR) is 86.6 cm³/mol. The number of fused-ring (bicyclic) bond motifs is 2. The van der Waals surface area contributed by atoms with E-state index >= 15 is 0 Å². The summed E-state index contributed by atoms with van der Waals surface area (Å²) >= 11 is 3.54. The van der Waals surface area contributed by atoms with Crippen LogP contribution in [0.5, 0.6) is 0 Å². The molecule has 4 nitrogen and oxygen atoms in total. The van der Waals surface area contributed by atoms with Gasteiger partial charge in [0.2, 0.25) is 0 Å². The number of nitrogens with two attached hydrogens (primary N) is 1. The second-order valence-electron chi connectivity index (χ2n) is 5.86. The van der Waals surface area contributed by atoms with Gasteiger partial charge < -0.3 is 10.6 Å². The second-order valence-corrected chi connectivity index (χ2v) is 6.78. The van der Waals surface area contributed by atoms with Crippen molar-refractivity contribution in [2.24, 2.45) is 5.73 Å². The molecule has 5 heteroatoms. The molecule has 2 saturated heterocycles. The van der Waals surface area contributed by atoms with Gasteiger partial charge in [0.15, 0.2) is 0 Å². The molecule has 2 aliphatic heterocycles. The number of likely N-dealkylation sites (N-methyl/N-ethyl adjacent to an activating group) is 1. The molecule has 0 saturated carbocycles. The highest BCUT2D eigenvalue weighted by Crippen LogP contribution is 2.33. The SMILES string of the molecule is CN1C2CCC1CN(c1cc(Br)ccc1C(=N)N)CC2. The molecule has 1 aromatic rings. The van der Waals surface area contributed by atoms with Gasteiger partial charge in [-0.15, -0.1) is 0 Å². The third-order valence-electron chi connectivity index (χ3n) is 4.74. The van der Waals surface area contributed by atoms with Gasteiger partial charge in [-0.25, -0.2) is 0 Å². The van der Waals surface area contributed by atoms with Crippen LogP contribution in [0, 0.1) is 5.41 Å². The summed E-state index contributed by atoms with van der Waals surface area (Å²) in [6.07, 6.45) is 3.80. The minimum Gasteiger partial charge on any atom is -0.384 e. The largest absolute Gasteiger partial charge is 0.384 e. The third kappa shape index (κ3) is 2.44. The van der Waals surface area contributed by atoms with Crippen LogP contribution in [0.2, 0.25) is 0 Å². The summed E-state index contributed by atoms with van der Waals surface area (Å²) in [5.41, 5.74) is 7.68. The lowest BCUT2D eigenvalue weighted by Gasteiger charge is -2.29. The first-order valence-corrected chi connectivity index (χ1v) is 7.96. The van der Waals surface area contributed by atoms with E-state index in [1.54, 1.807) is 0 Å².